The van der Waals surface area contributed by atoms with E-state index in [0.717, 1.165) is 0 Å². The van der Waals surface area contributed by atoms with Gasteiger partial charge in [-0.3, -0.25) is 0 Å². The van der Waals surface area contributed by atoms with Crippen LogP contribution in [0.5, 0.6) is 0 Å². The molecule has 0 aromatic rings. The Bertz CT molecular complexity index is 233. The molecule has 0 heterocycles. The van der Waals surface area contributed by atoms with Crippen LogP contribution in [0.4, 0.5) is 0 Å². The fraction of sp³-hybridized carbons (Fsp3) is 1.00. The van der Waals surface area contributed by atoms with Crippen LogP contribution in [0, 0.1) is 0 Å². The predicted octanol–water partition coefficient (Wildman–Crippen LogP) is 3.79. The maximum Gasteiger partial charge on any atom is 0.185 e. The zero-order chi connectivity index (χ0) is 14.4. The van der Waals surface area contributed by atoms with Crippen molar-refractivity contribution in [3.8, 4) is 0 Å². The standard InChI is InChI=1S/C13H34O2Si3/c1-9-13(10-2,15-17(4,5)6)16-11-12-18(7,8)14-3/h9-12,16H2,1-8H3. The van der Waals surface area contributed by atoms with Crippen molar-refractivity contribution in [3.63, 3.8) is 0 Å². The van der Waals surface area contributed by atoms with Crippen LogP contribution in [0.15, 0.2) is 0 Å². The summed E-state index contributed by atoms with van der Waals surface area (Å²) in [6.07, 6.45) is 2.38. The van der Waals surface area contributed by atoms with Crippen LogP contribution < -0.4 is 0 Å². The van der Waals surface area contributed by atoms with Gasteiger partial charge in [0.2, 0.25) is 0 Å². The summed E-state index contributed by atoms with van der Waals surface area (Å²) in [6, 6.07) is 2.67. The highest BCUT2D eigenvalue weighted by atomic mass is 28.4. The maximum atomic E-state index is 6.55. The van der Waals surface area contributed by atoms with Crippen LogP contribution >= 0.6 is 0 Å². The van der Waals surface area contributed by atoms with Crippen molar-refractivity contribution < 1.29 is 8.85 Å². The minimum Gasteiger partial charge on any atom is -0.420 e. The van der Waals surface area contributed by atoms with E-state index in [9.17, 15) is 0 Å². The second-order valence-electron chi connectivity index (χ2n) is 6.92. The van der Waals surface area contributed by atoms with Crippen molar-refractivity contribution in [1.29, 1.82) is 0 Å². The van der Waals surface area contributed by atoms with Gasteiger partial charge in [0.25, 0.3) is 0 Å². The molecule has 18 heavy (non-hydrogen) atoms. The van der Waals surface area contributed by atoms with Crippen LogP contribution in [0.3, 0.4) is 0 Å². The van der Waals surface area contributed by atoms with Crippen molar-refractivity contribution in [1.82, 2.24) is 0 Å². The molecule has 0 aromatic heterocycles. The van der Waals surface area contributed by atoms with Crippen LogP contribution in [0.2, 0.25) is 44.8 Å². The number of hydrogen-bond donors (Lipinski definition) is 0. The van der Waals surface area contributed by atoms with E-state index in [1.807, 2.05) is 7.11 Å². The maximum absolute atomic E-state index is 6.55. The monoisotopic (exact) mass is 306 g/mol. The Labute approximate surface area is 119 Å². The van der Waals surface area contributed by atoms with Gasteiger partial charge in [-0.1, -0.05) is 19.9 Å². The molecule has 0 saturated heterocycles. The summed E-state index contributed by atoms with van der Waals surface area (Å²) < 4.78 is 12.2. The first-order chi connectivity index (χ1) is 8.10. The second kappa shape index (κ2) is 7.38. The van der Waals surface area contributed by atoms with Gasteiger partial charge in [-0.2, -0.15) is 0 Å². The third-order valence-electron chi connectivity index (χ3n) is 3.78. The SMILES string of the molecule is CCC(CC)(O[Si](C)(C)C)[SiH2]CC[Si](C)(C)OC. The Kier molecular flexibility index (Phi) is 7.61. The van der Waals surface area contributed by atoms with E-state index in [1.54, 1.807) is 0 Å². The minimum absolute atomic E-state index is 0.183. The average Bonchev–Trinajstić information content (AvgIpc) is 2.26. The van der Waals surface area contributed by atoms with Crippen molar-refractivity contribution in [2.24, 2.45) is 0 Å². The lowest BCUT2D eigenvalue weighted by Gasteiger charge is -2.38. The molecule has 0 amide bonds. The Morgan fingerprint density at radius 1 is 1.00 bits per heavy atom. The minimum atomic E-state index is -1.42. The first-order valence-electron chi connectivity index (χ1n) is 7.35. The number of rotatable bonds is 9. The third-order valence-corrected chi connectivity index (χ3v) is 11.2. The van der Waals surface area contributed by atoms with Gasteiger partial charge in [0.05, 0.1) is 9.52 Å². The Morgan fingerprint density at radius 3 is 1.83 bits per heavy atom. The topological polar surface area (TPSA) is 18.5 Å². The van der Waals surface area contributed by atoms with Gasteiger partial charge in [-0.05, 0) is 51.6 Å². The van der Waals surface area contributed by atoms with Crippen molar-refractivity contribution >= 4 is 26.2 Å². The molecule has 0 spiro atoms. The first-order valence-corrected chi connectivity index (χ1v) is 15.6. The third kappa shape index (κ3) is 7.23. The van der Waals surface area contributed by atoms with Crippen molar-refractivity contribution in [2.75, 3.05) is 7.11 Å². The van der Waals surface area contributed by atoms with Gasteiger partial charge in [-0.25, -0.2) is 0 Å². The molecule has 0 radical (unpaired) electrons. The summed E-state index contributed by atoms with van der Waals surface area (Å²) in [6.45, 7) is 16.2. The first kappa shape index (κ1) is 18.6. The highest BCUT2D eigenvalue weighted by Crippen LogP contribution is 2.27. The largest absolute Gasteiger partial charge is 0.420 e. The summed E-state index contributed by atoms with van der Waals surface area (Å²) in [4.78, 5) is 0. The van der Waals surface area contributed by atoms with Crippen LogP contribution in [0.25, 0.3) is 0 Å². The molecule has 0 atom stereocenters. The molecule has 0 saturated carbocycles. The Morgan fingerprint density at radius 2 is 1.50 bits per heavy atom. The van der Waals surface area contributed by atoms with Crippen LogP contribution in [-0.2, 0) is 8.85 Å². The van der Waals surface area contributed by atoms with E-state index in [0.29, 0.717) is 0 Å². The molecule has 0 unspecified atom stereocenters. The normalized spacial score (nSPS) is 14.7. The fourth-order valence-corrected chi connectivity index (χ4v) is 11.4. The average molecular weight is 307 g/mol. The van der Waals surface area contributed by atoms with Gasteiger partial charge in [0.15, 0.2) is 16.6 Å². The Balaban J connectivity index is 4.45. The summed E-state index contributed by atoms with van der Waals surface area (Å²) in [7, 11) is -1.10. The van der Waals surface area contributed by atoms with Crippen molar-refractivity contribution in [2.45, 2.75) is 76.7 Å². The molecular weight excluding hydrogens is 272 g/mol. The molecule has 2 nitrogen and oxygen atoms in total. The van der Waals surface area contributed by atoms with Crippen molar-refractivity contribution in [3.05, 3.63) is 0 Å². The quantitative estimate of drug-likeness (QED) is 0.603. The molecule has 5 heteroatoms. The van der Waals surface area contributed by atoms with E-state index < -0.39 is 16.6 Å². The summed E-state index contributed by atoms with van der Waals surface area (Å²) in [5, 5.41) is 0.253. The summed E-state index contributed by atoms with van der Waals surface area (Å²) in [5.74, 6) is 0. The lowest BCUT2D eigenvalue weighted by atomic mass is 10.2. The molecule has 0 aliphatic heterocycles. The summed E-state index contributed by atoms with van der Waals surface area (Å²) in [5.41, 5.74) is 0. The molecule has 0 aromatic carbocycles. The highest BCUT2D eigenvalue weighted by Gasteiger charge is 2.33. The van der Waals surface area contributed by atoms with Gasteiger partial charge >= 0.3 is 0 Å². The zero-order valence-corrected chi connectivity index (χ0v) is 17.3. The fourth-order valence-electron chi connectivity index (χ4n) is 2.39. The van der Waals surface area contributed by atoms with Gasteiger partial charge in [-0.15, -0.1) is 0 Å². The van der Waals surface area contributed by atoms with E-state index >= 15 is 0 Å². The second-order valence-corrected chi connectivity index (χ2v) is 18.3. The zero-order valence-electron chi connectivity index (χ0n) is 13.9. The van der Waals surface area contributed by atoms with Crippen LogP contribution in [0.1, 0.15) is 26.7 Å². The van der Waals surface area contributed by atoms with Gasteiger partial charge in [0.1, 0.15) is 0 Å². The van der Waals surface area contributed by atoms with E-state index in [1.165, 1.54) is 24.9 Å². The van der Waals surface area contributed by atoms with Gasteiger partial charge in [0, 0.05) is 12.3 Å². The molecule has 110 valence electrons. The smallest absolute Gasteiger partial charge is 0.185 e. The number of hydrogen-bond acceptors (Lipinski definition) is 2. The van der Waals surface area contributed by atoms with Gasteiger partial charge < -0.3 is 8.85 Å². The van der Waals surface area contributed by atoms with E-state index in [2.05, 4.69) is 46.6 Å². The molecule has 0 fully saturated rings. The molecule has 0 rings (SSSR count). The molecule has 0 bridgehead atoms. The Hall–Kier alpha value is 0.571. The highest BCUT2D eigenvalue weighted by molar-refractivity contribution is 6.72. The molecule has 0 aliphatic rings. The van der Waals surface area contributed by atoms with Crippen LogP contribution in [-0.4, -0.2) is 38.5 Å². The van der Waals surface area contributed by atoms with E-state index in [-0.39, 0.29) is 14.7 Å². The lowest BCUT2D eigenvalue weighted by molar-refractivity contribution is 0.135. The molecule has 0 N–H and O–H groups in total. The molecule has 0 aliphatic carbocycles. The summed E-state index contributed by atoms with van der Waals surface area (Å²) >= 11 is 0. The predicted molar refractivity (Wildman–Crippen MR) is 90.4 cm³/mol. The lowest BCUT2D eigenvalue weighted by Crippen LogP contribution is -2.46. The van der Waals surface area contributed by atoms with E-state index in [4.69, 9.17) is 8.85 Å². The molecular formula is C13H34O2Si3.